The molecule has 0 aliphatic rings. The Bertz CT molecular complexity index is 572. The van der Waals surface area contributed by atoms with Crippen LogP contribution in [0.25, 0.3) is 11.0 Å². The summed E-state index contributed by atoms with van der Waals surface area (Å²) in [5, 5.41) is 8.87. The van der Waals surface area contributed by atoms with Crippen LogP contribution < -0.4 is 4.90 Å². The molecule has 0 unspecified atom stereocenters. The molecule has 2 aromatic rings. The SMILES string of the molecule is CN(C)c1ccnc2c(CC(=O)O)cn(C)c12. The lowest BCUT2D eigenvalue weighted by atomic mass is 10.2. The summed E-state index contributed by atoms with van der Waals surface area (Å²) in [4.78, 5) is 17.1. The minimum absolute atomic E-state index is 0.00121. The van der Waals surface area contributed by atoms with Gasteiger partial charge in [0.05, 0.1) is 23.1 Å². The molecule has 5 nitrogen and oxygen atoms in total. The zero-order valence-corrected chi connectivity index (χ0v) is 10.1. The number of hydrogen-bond acceptors (Lipinski definition) is 3. The minimum atomic E-state index is -0.838. The number of carbonyl (C=O) groups is 1. The van der Waals surface area contributed by atoms with Gasteiger partial charge in [0.2, 0.25) is 0 Å². The third kappa shape index (κ3) is 1.95. The first-order chi connectivity index (χ1) is 8.00. The van der Waals surface area contributed by atoms with E-state index in [0.29, 0.717) is 0 Å². The van der Waals surface area contributed by atoms with Crippen molar-refractivity contribution >= 4 is 22.7 Å². The van der Waals surface area contributed by atoms with Crippen molar-refractivity contribution in [1.82, 2.24) is 9.55 Å². The molecule has 0 atom stereocenters. The fourth-order valence-electron chi connectivity index (χ4n) is 2.04. The summed E-state index contributed by atoms with van der Waals surface area (Å²) in [5.41, 5.74) is 3.52. The van der Waals surface area contributed by atoms with E-state index in [-0.39, 0.29) is 6.42 Å². The summed E-state index contributed by atoms with van der Waals surface area (Å²) in [6.07, 6.45) is 3.54. The lowest BCUT2D eigenvalue weighted by Gasteiger charge is -2.14. The number of nitrogens with zero attached hydrogens (tertiary/aromatic N) is 3. The molecule has 0 saturated heterocycles. The third-order valence-corrected chi connectivity index (χ3v) is 2.73. The molecule has 2 heterocycles. The van der Waals surface area contributed by atoms with Gasteiger partial charge in [-0.3, -0.25) is 9.78 Å². The van der Waals surface area contributed by atoms with Crippen LogP contribution in [-0.4, -0.2) is 34.7 Å². The summed E-state index contributed by atoms with van der Waals surface area (Å²) in [6, 6.07) is 1.92. The quantitative estimate of drug-likeness (QED) is 0.867. The van der Waals surface area contributed by atoms with Crippen LogP contribution in [0.1, 0.15) is 5.56 Å². The second kappa shape index (κ2) is 4.08. The summed E-state index contributed by atoms with van der Waals surface area (Å²) in [5.74, 6) is -0.838. The van der Waals surface area contributed by atoms with Crippen molar-refractivity contribution < 1.29 is 9.90 Å². The zero-order chi connectivity index (χ0) is 12.6. The summed E-state index contributed by atoms with van der Waals surface area (Å²) < 4.78 is 1.93. The minimum Gasteiger partial charge on any atom is -0.481 e. The molecule has 2 rings (SSSR count). The first-order valence-electron chi connectivity index (χ1n) is 5.32. The smallest absolute Gasteiger partial charge is 0.307 e. The number of aromatic nitrogens is 2. The predicted molar refractivity (Wildman–Crippen MR) is 66.4 cm³/mol. The van der Waals surface area contributed by atoms with Gasteiger partial charge in [0.15, 0.2) is 0 Å². The van der Waals surface area contributed by atoms with Gasteiger partial charge in [0.1, 0.15) is 0 Å². The number of fused-ring (bicyclic) bond motifs is 1. The van der Waals surface area contributed by atoms with E-state index < -0.39 is 5.97 Å². The maximum atomic E-state index is 10.8. The average Bonchev–Trinajstić information content (AvgIpc) is 2.55. The molecule has 0 aliphatic heterocycles. The molecule has 0 aromatic carbocycles. The van der Waals surface area contributed by atoms with Crippen molar-refractivity contribution in [1.29, 1.82) is 0 Å². The number of hydrogen-bond donors (Lipinski definition) is 1. The van der Waals surface area contributed by atoms with Gasteiger partial charge >= 0.3 is 5.97 Å². The van der Waals surface area contributed by atoms with E-state index in [0.717, 1.165) is 22.3 Å². The molecule has 5 heteroatoms. The maximum Gasteiger partial charge on any atom is 0.307 e. The molecule has 2 aromatic heterocycles. The van der Waals surface area contributed by atoms with Gasteiger partial charge in [-0.2, -0.15) is 0 Å². The Morgan fingerprint density at radius 3 is 2.82 bits per heavy atom. The topological polar surface area (TPSA) is 58.4 Å². The van der Waals surface area contributed by atoms with Crippen LogP contribution in [0.15, 0.2) is 18.5 Å². The Morgan fingerprint density at radius 2 is 2.24 bits per heavy atom. The normalized spacial score (nSPS) is 10.8. The molecular weight excluding hydrogens is 218 g/mol. The van der Waals surface area contributed by atoms with E-state index in [1.807, 2.05) is 42.9 Å². The number of carboxylic acid groups (broad SMARTS) is 1. The van der Waals surface area contributed by atoms with Crippen molar-refractivity contribution in [3.63, 3.8) is 0 Å². The van der Waals surface area contributed by atoms with Crippen LogP contribution in [0.4, 0.5) is 5.69 Å². The van der Waals surface area contributed by atoms with E-state index >= 15 is 0 Å². The molecule has 0 spiro atoms. The Kier molecular flexibility index (Phi) is 2.75. The Hall–Kier alpha value is -2.04. The number of pyridine rings is 1. The highest BCUT2D eigenvalue weighted by Gasteiger charge is 2.14. The van der Waals surface area contributed by atoms with Crippen molar-refractivity contribution in [3.05, 3.63) is 24.0 Å². The fraction of sp³-hybridized carbons (Fsp3) is 0.333. The van der Waals surface area contributed by atoms with Crippen LogP contribution in [0, 0.1) is 0 Å². The van der Waals surface area contributed by atoms with E-state index in [1.54, 1.807) is 6.20 Å². The lowest BCUT2D eigenvalue weighted by Crippen LogP contribution is -2.10. The van der Waals surface area contributed by atoms with Gasteiger partial charge in [-0.1, -0.05) is 0 Å². The third-order valence-electron chi connectivity index (χ3n) is 2.73. The van der Waals surface area contributed by atoms with Gasteiger partial charge in [0, 0.05) is 39.1 Å². The number of anilines is 1. The average molecular weight is 233 g/mol. The van der Waals surface area contributed by atoms with Gasteiger partial charge < -0.3 is 14.6 Å². The molecule has 0 saturated carbocycles. The van der Waals surface area contributed by atoms with Crippen molar-refractivity contribution in [3.8, 4) is 0 Å². The summed E-state index contributed by atoms with van der Waals surface area (Å²) >= 11 is 0. The predicted octanol–water partition coefficient (Wildman–Crippen LogP) is 1.27. The van der Waals surface area contributed by atoms with Gasteiger partial charge in [-0.05, 0) is 6.07 Å². The maximum absolute atomic E-state index is 10.8. The van der Waals surface area contributed by atoms with E-state index in [1.165, 1.54) is 0 Å². The van der Waals surface area contributed by atoms with Crippen LogP contribution in [0.3, 0.4) is 0 Å². The number of carboxylic acids is 1. The highest BCUT2D eigenvalue weighted by molar-refractivity contribution is 5.93. The Balaban J connectivity index is 2.68. The fourth-order valence-corrected chi connectivity index (χ4v) is 2.04. The van der Waals surface area contributed by atoms with E-state index in [9.17, 15) is 4.79 Å². The molecule has 0 bridgehead atoms. The molecule has 0 radical (unpaired) electrons. The summed E-state index contributed by atoms with van der Waals surface area (Å²) in [7, 11) is 5.82. The number of rotatable bonds is 3. The molecule has 0 aliphatic carbocycles. The standard InChI is InChI=1S/C12H15N3O2/c1-14(2)9-4-5-13-11-8(6-10(16)17)7-15(3)12(9)11/h4-5,7H,6H2,1-3H3,(H,16,17). The molecule has 1 N–H and O–H groups in total. The molecule has 0 fully saturated rings. The number of aliphatic carboxylic acids is 1. The van der Waals surface area contributed by atoms with Gasteiger partial charge in [-0.25, -0.2) is 0 Å². The first kappa shape index (κ1) is 11.4. The van der Waals surface area contributed by atoms with Crippen LogP contribution in [-0.2, 0) is 18.3 Å². The number of aryl methyl sites for hydroxylation is 1. The molecule has 90 valence electrons. The van der Waals surface area contributed by atoms with E-state index in [2.05, 4.69) is 4.98 Å². The summed E-state index contributed by atoms with van der Waals surface area (Å²) in [6.45, 7) is 0. The van der Waals surface area contributed by atoms with Crippen molar-refractivity contribution in [2.45, 2.75) is 6.42 Å². The van der Waals surface area contributed by atoms with Gasteiger partial charge in [0.25, 0.3) is 0 Å². The second-order valence-corrected chi connectivity index (χ2v) is 4.26. The van der Waals surface area contributed by atoms with Crippen molar-refractivity contribution in [2.24, 2.45) is 7.05 Å². The van der Waals surface area contributed by atoms with Gasteiger partial charge in [-0.15, -0.1) is 0 Å². The van der Waals surface area contributed by atoms with Crippen LogP contribution >= 0.6 is 0 Å². The lowest BCUT2D eigenvalue weighted by molar-refractivity contribution is -0.136. The highest BCUT2D eigenvalue weighted by Crippen LogP contribution is 2.27. The molecular formula is C12H15N3O2. The largest absolute Gasteiger partial charge is 0.481 e. The monoisotopic (exact) mass is 233 g/mol. The molecule has 17 heavy (non-hydrogen) atoms. The highest BCUT2D eigenvalue weighted by atomic mass is 16.4. The first-order valence-corrected chi connectivity index (χ1v) is 5.32. The second-order valence-electron chi connectivity index (χ2n) is 4.26. The van der Waals surface area contributed by atoms with Crippen LogP contribution in [0.5, 0.6) is 0 Å². The van der Waals surface area contributed by atoms with E-state index in [4.69, 9.17) is 5.11 Å². The Labute approximate surface area is 99.3 Å². The zero-order valence-electron chi connectivity index (χ0n) is 10.1. The van der Waals surface area contributed by atoms with Crippen LogP contribution in [0.2, 0.25) is 0 Å². The van der Waals surface area contributed by atoms with Crippen molar-refractivity contribution in [2.75, 3.05) is 19.0 Å². The Morgan fingerprint density at radius 1 is 1.53 bits per heavy atom. The molecule has 0 amide bonds.